The lowest BCUT2D eigenvalue weighted by atomic mass is 10.3. The minimum atomic E-state index is -0.605. The Balaban J connectivity index is 2.72. The molecule has 0 bridgehead atoms. The maximum Gasteiger partial charge on any atom is 0.325 e. The molecule has 6 nitrogen and oxygen atoms in total. The van der Waals surface area contributed by atoms with Gasteiger partial charge >= 0.3 is 11.9 Å². The average molecular weight is 297 g/mol. The number of esters is 2. The maximum absolute atomic E-state index is 12.0. The van der Waals surface area contributed by atoms with Crippen molar-refractivity contribution in [2.24, 2.45) is 0 Å². The Morgan fingerprint density at radius 2 is 1.80 bits per heavy atom. The van der Waals surface area contributed by atoms with Gasteiger partial charge in [0.05, 0.1) is 14.2 Å². The van der Waals surface area contributed by atoms with E-state index in [1.807, 2.05) is 17.5 Å². The van der Waals surface area contributed by atoms with E-state index in [0.717, 1.165) is 9.78 Å². The molecule has 0 atom stereocenters. The molecule has 0 aromatic carbocycles. The molecule has 0 aliphatic carbocycles. The SMILES string of the molecule is COC(=O)CN(CC(=O)OC)C(=O)C=Cc1cccs1. The van der Waals surface area contributed by atoms with Gasteiger partial charge in [0.25, 0.3) is 0 Å². The molecule has 7 heteroatoms. The lowest BCUT2D eigenvalue weighted by molar-refractivity contribution is -0.150. The monoisotopic (exact) mass is 297 g/mol. The maximum atomic E-state index is 12.0. The summed E-state index contributed by atoms with van der Waals surface area (Å²) < 4.78 is 8.98. The molecule has 0 N–H and O–H groups in total. The van der Waals surface area contributed by atoms with Crippen LogP contribution in [0.15, 0.2) is 23.6 Å². The Bertz CT molecular complexity index is 477. The molecule has 1 rings (SSSR count). The number of hydrogen-bond acceptors (Lipinski definition) is 6. The number of carbonyl (C=O) groups is 3. The smallest absolute Gasteiger partial charge is 0.325 e. The van der Waals surface area contributed by atoms with E-state index in [0.29, 0.717) is 0 Å². The minimum absolute atomic E-state index is 0.306. The number of hydrogen-bond donors (Lipinski definition) is 0. The normalized spacial score (nSPS) is 10.3. The lowest BCUT2D eigenvalue weighted by Gasteiger charge is -2.18. The van der Waals surface area contributed by atoms with Gasteiger partial charge in [0.2, 0.25) is 5.91 Å². The van der Waals surface area contributed by atoms with Gasteiger partial charge in [-0.25, -0.2) is 0 Å². The van der Waals surface area contributed by atoms with Crippen molar-refractivity contribution in [1.29, 1.82) is 0 Å². The van der Waals surface area contributed by atoms with Crippen LogP contribution >= 0.6 is 11.3 Å². The predicted molar refractivity (Wildman–Crippen MR) is 74.0 cm³/mol. The van der Waals surface area contributed by atoms with Crippen LogP contribution in [0, 0.1) is 0 Å². The molecular formula is C13H15NO5S. The largest absolute Gasteiger partial charge is 0.468 e. The highest BCUT2D eigenvalue weighted by molar-refractivity contribution is 7.10. The van der Waals surface area contributed by atoms with Crippen LogP contribution in [0.2, 0.25) is 0 Å². The summed E-state index contributed by atoms with van der Waals surface area (Å²) in [5, 5.41) is 1.88. The fourth-order valence-corrected chi connectivity index (χ4v) is 1.92. The summed E-state index contributed by atoms with van der Waals surface area (Å²) in [5.74, 6) is -1.67. The molecule has 0 saturated carbocycles. The van der Waals surface area contributed by atoms with E-state index < -0.39 is 17.8 Å². The molecular weight excluding hydrogens is 282 g/mol. The molecule has 0 fully saturated rings. The van der Waals surface area contributed by atoms with Crippen molar-refractivity contribution in [3.8, 4) is 0 Å². The third-order valence-electron chi connectivity index (χ3n) is 2.34. The third-order valence-corrected chi connectivity index (χ3v) is 3.18. The number of ether oxygens (including phenoxy) is 2. The first-order valence-electron chi connectivity index (χ1n) is 5.71. The van der Waals surface area contributed by atoms with E-state index in [4.69, 9.17) is 0 Å². The van der Waals surface area contributed by atoms with Crippen molar-refractivity contribution >= 4 is 35.3 Å². The third kappa shape index (κ3) is 5.23. The van der Waals surface area contributed by atoms with Gasteiger partial charge < -0.3 is 14.4 Å². The first kappa shape index (κ1) is 15.9. The number of nitrogens with zero attached hydrogens (tertiary/aromatic N) is 1. The van der Waals surface area contributed by atoms with Crippen molar-refractivity contribution in [1.82, 2.24) is 4.90 Å². The van der Waals surface area contributed by atoms with E-state index in [-0.39, 0.29) is 13.1 Å². The van der Waals surface area contributed by atoms with Gasteiger partial charge in [-0.1, -0.05) is 6.07 Å². The molecule has 1 heterocycles. The fraction of sp³-hybridized carbons (Fsp3) is 0.308. The number of carbonyl (C=O) groups excluding carboxylic acids is 3. The van der Waals surface area contributed by atoms with E-state index >= 15 is 0 Å². The number of thiophene rings is 1. The Morgan fingerprint density at radius 1 is 1.20 bits per heavy atom. The standard InChI is InChI=1S/C13H15NO5S/c1-18-12(16)8-14(9-13(17)19-2)11(15)6-5-10-4-3-7-20-10/h3-7H,8-9H2,1-2H3. The zero-order valence-corrected chi connectivity index (χ0v) is 12.0. The summed E-state index contributed by atoms with van der Waals surface area (Å²) in [7, 11) is 2.43. The topological polar surface area (TPSA) is 72.9 Å². The first-order valence-corrected chi connectivity index (χ1v) is 6.59. The van der Waals surface area contributed by atoms with Crippen molar-refractivity contribution in [3.05, 3.63) is 28.5 Å². The van der Waals surface area contributed by atoms with Gasteiger partial charge in [0.1, 0.15) is 13.1 Å². The summed E-state index contributed by atoms with van der Waals surface area (Å²) in [6.07, 6.45) is 2.92. The molecule has 0 spiro atoms. The fourth-order valence-electron chi connectivity index (χ4n) is 1.30. The molecule has 20 heavy (non-hydrogen) atoms. The molecule has 0 unspecified atom stereocenters. The summed E-state index contributed by atoms with van der Waals surface area (Å²) in [6.45, 7) is -0.613. The molecule has 0 radical (unpaired) electrons. The van der Waals surface area contributed by atoms with Crippen LogP contribution in [0.25, 0.3) is 6.08 Å². The minimum Gasteiger partial charge on any atom is -0.468 e. The highest BCUT2D eigenvalue weighted by Crippen LogP contribution is 2.10. The van der Waals surface area contributed by atoms with Crippen LogP contribution in [0.1, 0.15) is 4.88 Å². The quantitative estimate of drug-likeness (QED) is 0.577. The molecule has 1 aromatic rings. The van der Waals surface area contributed by atoms with Crippen molar-refractivity contribution < 1.29 is 23.9 Å². The Hall–Kier alpha value is -2.15. The molecule has 0 saturated heterocycles. The summed E-state index contributed by atoms with van der Waals surface area (Å²) in [4.78, 5) is 36.4. The van der Waals surface area contributed by atoms with Crippen LogP contribution in [0.4, 0.5) is 0 Å². The zero-order chi connectivity index (χ0) is 15.0. The van der Waals surface area contributed by atoms with Crippen LogP contribution in [0.5, 0.6) is 0 Å². The van der Waals surface area contributed by atoms with Gasteiger partial charge in [0, 0.05) is 11.0 Å². The number of rotatable bonds is 6. The second kappa shape index (κ2) is 8.11. The molecule has 108 valence electrons. The predicted octanol–water partition coefficient (Wildman–Crippen LogP) is 0.936. The first-order chi connectivity index (χ1) is 9.56. The van der Waals surface area contributed by atoms with Gasteiger partial charge in [-0.15, -0.1) is 11.3 Å². The van der Waals surface area contributed by atoms with E-state index in [1.165, 1.54) is 31.6 Å². The van der Waals surface area contributed by atoms with Gasteiger partial charge in [-0.05, 0) is 17.5 Å². The van der Waals surface area contributed by atoms with Crippen molar-refractivity contribution in [2.75, 3.05) is 27.3 Å². The average Bonchev–Trinajstić information content (AvgIpc) is 2.96. The van der Waals surface area contributed by atoms with Gasteiger partial charge in [-0.3, -0.25) is 14.4 Å². The Labute approximate surface area is 120 Å². The molecule has 0 aliphatic heterocycles. The lowest BCUT2D eigenvalue weighted by Crippen LogP contribution is -2.39. The summed E-state index contributed by atoms with van der Waals surface area (Å²) >= 11 is 1.47. The molecule has 1 amide bonds. The van der Waals surface area contributed by atoms with E-state index in [2.05, 4.69) is 9.47 Å². The highest BCUT2D eigenvalue weighted by Gasteiger charge is 2.19. The van der Waals surface area contributed by atoms with Crippen molar-refractivity contribution in [3.63, 3.8) is 0 Å². The van der Waals surface area contributed by atoms with Gasteiger partial charge in [-0.2, -0.15) is 0 Å². The molecule has 1 aromatic heterocycles. The summed E-state index contributed by atoms with van der Waals surface area (Å²) in [6, 6.07) is 3.70. The molecule has 0 aliphatic rings. The van der Waals surface area contributed by atoms with E-state index in [9.17, 15) is 14.4 Å². The summed E-state index contributed by atoms with van der Waals surface area (Å²) in [5.41, 5.74) is 0. The van der Waals surface area contributed by atoms with E-state index in [1.54, 1.807) is 6.08 Å². The van der Waals surface area contributed by atoms with Crippen LogP contribution in [0.3, 0.4) is 0 Å². The van der Waals surface area contributed by atoms with Crippen LogP contribution < -0.4 is 0 Å². The highest BCUT2D eigenvalue weighted by atomic mass is 32.1. The van der Waals surface area contributed by atoms with Crippen LogP contribution in [-0.4, -0.2) is 50.1 Å². The second-order valence-corrected chi connectivity index (χ2v) is 4.67. The zero-order valence-electron chi connectivity index (χ0n) is 11.2. The Kier molecular flexibility index (Phi) is 6.45. The second-order valence-electron chi connectivity index (χ2n) is 3.70. The number of methoxy groups -OCH3 is 2. The van der Waals surface area contributed by atoms with Gasteiger partial charge in [0.15, 0.2) is 0 Å². The van der Waals surface area contributed by atoms with Crippen molar-refractivity contribution in [2.45, 2.75) is 0 Å². The number of amides is 1. The van der Waals surface area contributed by atoms with Crippen LogP contribution in [-0.2, 0) is 23.9 Å². The Morgan fingerprint density at radius 3 is 2.25 bits per heavy atom.